The van der Waals surface area contributed by atoms with E-state index in [2.05, 4.69) is 39.8 Å². The summed E-state index contributed by atoms with van der Waals surface area (Å²) in [7, 11) is 0. The zero-order valence-electron chi connectivity index (χ0n) is 26.8. The van der Waals surface area contributed by atoms with Crippen LogP contribution in [0.1, 0.15) is 67.4 Å². The Morgan fingerprint density at radius 3 is 2.72 bits per heavy atom. The molecule has 4 heterocycles. The fraction of sp³-hybridized carbons (Fsp3) is 0.457. The van der Waals surface area contributed by atoms with Gasteiger partial charge in [-0.15, -0.1) is 11.3 Å². The smallest absolute Gasteiger partial charge is 0.251 e. The molecule has 0 unspecified atom stereocenters. The number of thiazole rings is 1. The van der Waals surface area contributed by atoms with Crippen LogP contribution in [0.15, 0.2) is 48.7 Å². The first kappa shape index (κ1) is 31.7. The number of nitrogens with one attached hydrogen (secondary N) is 4. The van der Waals surface area contributed by atoms with Crippen LogP contribution in [0.2, 0.25) is 0 Å². The molecule has 2 saturated heterocycles. The summed E-state index contributed by atoms with van der Waals surface area (Å²) in [5.74, 6) is -0.753. The third kappa shape index (κ3) is 6.79. The van der Waals surface area contributed by atoms with Crippen molar-refractivity contribution in [2.75, 3.05) is 6.54 Å². The second kappa shape index (κ2) is 13.2. The number of hydrogen-bond donors (Lipinski definition) is 4. The first-order valence-corrected chi connectivity index (χ1v) is 17.0. The van der Waals surface area contributed by atoms with Crippen molar-refractivity contribution in [1.29, 1.82) is 0 Å². The van der Waals surface area contributed by atoms with Crippen LogP contribution >= 0.6 is 11.3 Å². The number of H-pyrrole nitrogens is 1. The number of rotatable bonds is 5. The highest BCUT2D eigenvalue weighted by Gasteiger charge is 2.43. The Hall–Kier alpha value is -4.25. The minimum atomic E-state index is -0.874. The van der Waals surface area contributed by atoms with E-state index in [0.717, 1.165) is 44.5 Å². The van der Waals surface area contributed by atoms with Gasteiger partial charge in [-0.25, -0.2) is 4.98 Å². The molecule has 0 bridgehead atoms. The predicted octanol–water partition coefficient (Wildman–Crippen LogP) is 4.47. The van der Waals surface area contributed by atoms with Gasteiger partial charge in [0.25, 0.3) is 5.91 Å². The number of nitrogens with zero attached hydrogens (tertiary/aromatic N) is 2. The van der Waals surface area contributed by atoms with Crippen molar-refractivity contribution in [3.63, 3.8) is 0 Å². The summed E-state index contributed by atoms with van der Waals surface area (Å²) in [6.45, 7) is 8.26. The van der Waals surface area contributed by atoms with Crippen molar-refractivity contribution in [3.8, 4) is 0 Å². The molecule has 0 saturated carbocycles. The van der Waals surface area contributed by atoms with Gasteiger partial charge in [-0.1, -0.05) is 39.0 Å². The Labute approximate surface area is 272 Å². The van der Waals surface area contributed by atoms with Gasteiger partial charge in [0.05, 0.1) is 15.2 Å². The van der Waals surface area contributed by atoms with Crippen LogP contribution in [-0.4, -0.2) is 69.2 Å². The summed E-state index contributed by atoms with van der Waals surface area (Å²) < 4.78 is 1.01. The van der Waals surface area contributed by atoms with Crippen LogP contribution in [0.5, 0.6) is 0 Å². The lowest BCUT2D eigenvalue weighted by molar-refractivity contribution is -0.141. The maximum Gasteiger partial charge on any atom is 0.251 e. The van der Waals surface area contributed by atoms with E-state index in [1.54, 1.807) is 28.4 Å². The summed E-state index contributed by atoms with van der Waals surface area (Å²) in [4.78, 5) is 64.5. The van der Waals surface area contributed by atoms with Gasteiger partial charge in [-0.3, -0.25) is 19.2 Å². The van der Waals surface area contributed by atoms with E-state index < -0.39 is 18.1 Å². The fourth-order valence-electron chi connectivity index (χ4n) is 6.79. The molecule has 4 aromatic rings. The van der Waals surface area contributed by atoms with Crippen LogP contribution in [0, 0.1) is 18.8 Å². The molecule has 2 aliphatic rings. The number of aromatic amines is 1. The van der Waals surface area contributed by atoms with Gasteiger partial charge in [0.2, 0.25) is 17.7 Å². The predicted molar refractivity (Wildman–Crippen MR) is 179 cm³/mol. The quantitative estimate of drug-likeness (QED) is 0.255. The van der Waals surface area contributed by atoms with E-state index in [1.807, 2.05) is 50.4 Å². The standard InChI is InChI=1S/C35H42N6O4S/c1-19(2)26-11-9-20(3)13-32(42)39-29(15-23-17-36-27-8-6-5-7-25(23)27)35(45)41-18-24(16-30(41)34(44)40-26)38-33(43)22-10-12-31-28(14-22)37-21(4)46-31/h5-8,10,12,14,17,19-20,24,26,29-30,36H,9,11,13,15-16,18H2,1-4H3,(H,38,43)(H,39,42)(H,40,44)/t20-,24-,26+,29-,30+/m1/s1. The lowest BCUT2D eigenvalue weighted by Crippen LogP contribution is -2.55. The molecule has 2 aliphatic heterocycles. The highest BCUT2D eigenvalue weighted by molar-refractivity contribution is 7.18. The highest BCUT2D eigenvalue weighted by atomic mass is 32.1. The minimum absolute atomic E-state index is 0.0922. The van der Waals surface area contributed by atoms with Gasteiger partial charge in [-0.2, -0.15) is 0 Å². The molecule has 11 heteroatoms. The maximum absolute atomic E-state index is 14.4. The summed E-state index contributed by atoms with van der Waals surface area (Å²) in [5, 5.41) is 11.2. The molecule has 5 atom stereocenters. The summed E-state index contributed by atoms with van der Waals surface area (Å²) in [6, 6.07) is 11.1. The van der Waals surface area contributed by atoms with Crippen molar-refractivity contribution >= 4 is 56.1 Å². The molecule has 46 heavy (non-hydrogen) atoms. The fourth-order valence-corrected chi connectivity index (χ4v) is 7.60. The molecule has 2 aromatic heterocycles. The number of carbonyl (C=O) groups is 4. The minimum Gasteiger partial charge on any atom is -0.361 e. The van der Waals surface area contributed by atoms with Gasteiger partial charge in [-0.05, 0) is 67.9 Å². The van der Waals surface area contributed by atoms with Crippen molar-refractivity contribution in [2.45, 2.75) is 84.0 Å². The summed E-state index contributed by atoms with van der Waals surface area (Å²) in [5.41, 5.74) is 3.09. The van der Waals surface area contributed by atoms with E-state index >= 15 is 0 Å². The Balaban J connectivity index is 1.29. The van der Waals surface area contributed by atoms with E-state index in [0.29, 0.717) is 12.0 Å². The summed E-state index contributed by atoms with van der Waals surface area (Å²) in [6.07, 6.45) is 4.22. The molecular weight excluding hydrogens is 600 g/mol. The molecule has 6 rings (SSSR count). The van der Waals surface area contributed by atoms with Crippen molar-refractivity contribution in [2.24, 2.45) is 11.8 Å². The number of amides is 4. The average molecular weight is 643 g/mol. The first-order chi connectivity index (χ1) is 22.0. The van der Waals surface area contributed by atoms with Crippen LogP contribution in [-0.2, 0) is 20.8 Å². The lowest BCUT2D eigenvalue weighted by Gasteiger charge is -2.30. The zero-order chi connectivity index (χ0) is 32.5. The molecule has 2 aromatic carbocycles. The number of hydrogen-bond acceptors (Lipinski definition) is 6. The van der Waals surface area contributed by atoms with Gasteiger partial charge in [0, 0.05) is 54.1 Å². The second-order valence-electron chi connectivity index (χ2n) is 13.3. The van der Waals surface area contributed by atoms with Gasteiger partial charge >= 0.3 is 0 Å². The largest absolute Gasteiger partial charge is 0.361 e. The molecular formula is C35H42N6O4S. The number of benzene rings is 2. The second-order valence-corrected chi connectivity index (χ2v) is 14.5. The molecule has 2 fully saturated rings. The van der Waals surface area contributed by atoms with Crippen LogP contribution in [0.4, 0.5) is 0 Å². The number of aryl methyl sites for hydroxylation is 1. The van der Waals surface area contributed by atoms with Crippen molar-refractivity contribution < 1.29 is 19.2 Å². The van der Waals surface area contributed by atoms with Crippen molar-refractivity contribution in [3.05, 3.63) is 64.8 Å². The molecule has 0 spiro atoms. The van der Waals surface area contributed by atoms with E-state index in [1.165, 1.54) is 0 Å². The Morgan fingerprint density at radius 1 is 1.11 bits per heavy atom. The number of carbonyl (C=O) groups excluding carboxylic acids is 4. The van der Waals surface area contributed by atoms with E-state index in [-0.39, 0.29) is 60.9 Å². The zero-order valence-corrected chi connectivity index (χ0v) is 27.6. The third-order valence-electron chi connectivity index (χ3n) is 9.35. The molecule has 10 nitrogen and oxygen atoms in total. The van der Waals surface area contributed by atoms with E-state index in [9.17, 15) is 19.2 Å². The monoisotopic (exact) mass is 642 g/mol. The lowest BCUT2D eigenvalue weighted by atomic mass is 9.92. The van der Waals surface area contributed by atoms with Crippen LogP contribution < -0.4 is 16.0 Å². The Morgan fingerprint density at radius 2 is 1.91 bits per heavy atom. The van der Waals surface area contributed by atoms with Crippen LogP contribution in [0.25, 0.3) is 21.1 Å². The van der Waals surface area contributed by atoms with E-state index in [4.69, 9.17) is 0 Å². The topological polar surface area (TPSA) is 136 Å². The first-order valence-electron chi connectivity index (χ1n) is 16.2. The normalized spacial score (nSPS) is 24.7. The number of para-hydroxylation sites is 1. The SMILES string of the molecule is Cc1nc2cc(C(=O)N[C@@H]3C[C@H]4C(=O)N[C@H](C(C)C)CC[C@@H](C)CC(=O)N[C@H](Cc5c[nH]c6ccccc56)C(=O)N4C3)ccc2s1. The number of fused-ring (bicyclic) bond motifs is 3. The molecule has 242 valence electrons. The summed E-state index contributed by atoms with van der Waals surface area (Å²) >= 11 is 1.57. The van der Waals surface area contributed by atoms with Crippen molar-refractivity contribution in [1.82, 2.24) is 30.8 Å². The number of aromatic nitrogens is 2. The molecule has 4 N–H and O–H groups in total. The highest BCUT2D eigenvalue weighted by Crippen LogP contribution is 2.27. The van der Waals surface area contributed by atoms with Crippen LogP contribution in [0.3, 0.4) is 0 Å². The van der Waals surface area contributed by atoms with Gasteiger partial charge in [0.1, 0.15) is 12.1 Å². The molecule has 0 aliphatic carbocycles. The maximum atomic E-state index is 14.4. The Bertz CT molecular complexity index is 1780. The average Bonchev–Trinajstić information content (AvgIpc) is 3.73. The Kier molecular flexibility index (Phi) is 9.13. The van der Waals surface area contributed by atoms with Gasteiger partial charge < -0.3 is 25.8 Å². The van der Waals surface area contributed by atoms with Gasteiger partial charge in [0.15, 0.2) is 0 Å². The molecule has 4 amide bonds. The third-order valence-corrected chi connectivity index (χ3v) is 10.3. The molecule has 0 radical (unpaired) electrons.